The highest BCUT2D eigenvalue weighted by Crippen LogP contribution is 2.35. The van der Waals surface area contributed by atoms with E-state index in [0.29, 0.717) is 45.7 Å². The lowest BCUT2D eigenvalue weighted by atomic mass is 9.73. The summed E-state index contributed by atoms with van der Waals surface area (Å²) in [5.74, 6) is 0.150. The molecule has 0 aromatic heterocycles. The molecule has 0 atom stereocenters. The predicted octanol–water partition coefficient (Wildman–Crippen LogP) is 2.11. The summed E-state index contributed by atoms with van der Waals surface area (Å²) in [6, 6.07) is 9.98. The van der Waals surface area contributed by atoms with Gasteiger partial charge < -0.3 is 15.0 Å². The van der Waals surface area contributed by atoms with Gasteiger partial charge in [-0.25, -0.2) is 0 Å². The summed E-state index contributed by atoms with van der Waals surface area (Å²) < 4.78 is 5.47. The van der Waals surface area contributed by atoms with Crippen molar-refractivity contribution in [2.75, 3.05) is 32.8 Å². The summed E-state index contributed by atoms with van der Waals surface area (Å²) in [5, 5.41) is 3.08. The van der Waals surface area contributed by atoms with E-state index in [1.807, 2.05) is 37.3 Å². The van der Waals surface area contributed by atoms with Crippen molar-refractivity contribution in [1.82, 2.24) is 10.2 Å². The van der Waals surface area contributed by atoms with Crippen LogP contribution in [-0.4, -0.2) is 49.6 Å². The Morgan fingerprint density at radius 3 is 2.46 bits per heavy atom. The number of ether oxygens (including phenoxy) is 1. The van der Waals surface area contributed by atoms with E-state index in [1.165, 1.54) is 0 Å². The lowest BCUT2D eigenvalue weighted by Gasteiger charge is -2.36. The Morgan fingerprint density at radius 1 is 1.21 bits per heavy atom. The Balaban J connectivity index is 1.96. The molecule has 1 aromatic rings. The zero-order valence-corrected chi connectivity index (χ0v) is 14.7. The first-order valence-corrected chi connectivity index (χ1v) is 8.77. The molecule has 1 aliphatic rings. The van der Waals surface area contributed by atoms with Crippen LogP contribution in [0.2, 0.25) is 0 Å². The van der Waals surface area contributed by atoms with Crippen LogP contribution in [0, 0.1) is 0 Å². The standard InChI is InChI=1S/C19H28N2O3/c1-3-21(16(2)22)13-7-12-20-18(23)19(10-14-24-15-11-19)17-8-5-4-6-9-17/h4-6,8-9H,3,7,10-15H2,1-2H3,(H,20,23). The van der Waals surface area contributed by atoms with Crippen molar-refractivity contribution >= 4 is 11.8 Å². The van der Waals surface area contributed by atoms with Gasteiger partial charge in [-0.15, -0.1) is 0 Å². The summed E-state index contributed by atoms with van der Waals surface area (Å²) in [5.41, 5.74) is 0.564. The quantitative estimate of drug-likeness (QED) is 0.778. The van der Waals surface area contributed by atoms with Gasteiger partial charge in [-0.3, -0.25) is 9.59 Å². The molecule has 2 rings (SSSR count). The Labute approximate surface area is 144 Å². The first-order chi connectivity index (χ1) is 11.6. The number of benzene rings is 1. The van der Waals surface area contributed by atoms with Gasteiger partial charge in [0.05, 0.1) is 5.41 Å². The molecule has 1 heterocycles. The Kier molecular flexibility index (Phi) is 6.79. The van der Waals surface area contributed by atoms with E-state index in [9.17, 15) is 9.59 Å². The number of nitrogens with one attached hydrogen (secondary N) is 1. The molecule has 0 radical (unpaired) electrons. The van der Waals surface area contributed by atoms with E-state index in [0.717, 1.165) is 12.0 Å². The average Bonchev–Trinajstić information content (AvgIpc) is 2.62. The predicted molar refractivity (Wildman–Crippen MR) is 93.7 cm³/mol. The van der Waals surface area contributed by atoms with Gasteiger partial charge in [0.25, 0.3) is 0 Å². The molecule has 1 aliphatic heterocycles. The molecule has 132 valence electrons. The number of amides is 2. The Bertz CT molecular complexity index is 539. The third kappa shape index (κ3) is 4.35. The molecule has 1 aromatic carbocycles. The fourth-order valence-corrected chi connectivity index (χ4v) is 3.30. The fraction of sp³-hybridized carbons (Fsp3) is 0.579. The van der Waals surface area contributed by atoms with Crippen LogP contribution in [0.4, 0.5) is 0 Å². The van der Waals surface area contributed by atoms with Crippen LogP contribution in [0.25, 0.3) is 0 Å². The van der Waals surface area contributed by atoms with Gasteiger partial charge in [-0.2, -0.15) is 0 Å². The van der Waals surface area contributed by atoms with Crippen LogP contribution >= 0.6 is 0 Å². The van der Waals surface area contributed by atoms with Crippen molar-refractivity contribution in [1.29, 1.82) is 0 Å². The summed E-state index contributed by atoms with van der Waals surface area (Å²) in [7, 11) is 0. The van der Waals surface area contributed by atoms with Crippen molar-refractivity contribution in [3.05, 3.63) is 35.9 Å². The molecule has 0 bridgehead atoms. The van der Waals surface area contributed by atoms with Crippen LogP contribution in [0.3, 0.4) is 0 Å². The minimum absolute atomic E-state index is 0.0721. The number of hydrogen-bond acceptors (Lipinski definition) is 3. The maximum atomic E-state index is 12.9. The summed E-state index contributed by atoms with van der Waals surface area (Å²) in [6.07, 6.45) is 2.18. The third-order valence-electron chi connectivity index (χ3n) is 4.82. The average molecular weight is 332 g/mol. The van der Waals surface area contributed by atoms with Crippen LogP contribution in [0.15, 0.2) is 30.3 Å². The zero-order chi connectivity index (χ0) is 17.4. The molecule has 5 nitrogen and oxygen atoms in total. The van der Waals surface area contributed by atoms with Gasteiger partial charge in [-0.1, -0.05) is 30.3 Å². The summed E-state index contributed by atoms with van der Waals surface area (Å²) in [6.45, 7) is 6.72. The number of rotatable bonds is 7. The lowest BCUT2D eigenvalue weighted by Crippen LogP contribution is -2.48. The molecule has 24 heavy (non-hydrogen) atoms. The Morgan fingerprint density at radius 2 is 1.88 bits per heavy atom. The highest BCUT2D eigenvalue weighted by molar-refractivity contribution is 5.88. The minimum atomic E-state index is -0.496. The largest absolute Gasteiger partial charge is 0.381 e. The topological polar surface area (TPSA) is 58.6 Å². The van der Waals surface area contributed by atoms with Gasteiger partial charge in [0.2, 0.25) is 11.8 Å². The second-order valence-corrected chi connectivity index (χ2v) is 6.27. The van der Waals surface area contributed by atoms with E-state index in [-0.39, 0.29) is 11.8 Å². The van der Waals surface area contributed by atoms with Crippen LogP contribution < -0.4 is 5.32 Å². The zero-order valence-electron chi connectivity index (χ0n) is 14.7. The lowest BCUT2D eigenvalue weighted by molar-refractivity contribution is -0.130. The minimum Gasteiger partial charge on any atom is -0.381 e. The molecule has 1 N–H and O–H groups in total. The number of hydrogen-bond donors (Lipinski definition) is 1. The van der Waals surface area contributed by atoms with Crippen molar-refractivity contribution in [2.45, 2.75) is 38.5 Å². The maximum Gasteiger partial charge on any atom is 0.230 e. The van der Waals surface area contributed by atoms with E-state index in [1.54, 1.807) is 11.8 Å². The second kappa shape index (κ2) is 8.83. The van der Waals surface area contributed by atoms with Gasteiger partial charge >= 0.3 is 0 Å². The smallest absolute Gasteiger partial charge is 0.230 e. The van der Waals surface area contributed by atoms with Crippen LogP contribution in [0.5, 0.6) is 0 Å². The summed E-state index contributed by atoms with van der Waals surface area (Å²) in [4.78, 5) is 26.1. The number of nitrogens with zero attached hydrogens (tertiary/aromatic N) is 1. The van der Waals surface area contributed by atoms with Gasteiger partial charge in [-0.05, 0) is 31.7 Å². The van der Waals surface area contributed by atoms with Crippen molar-refractivity contribution in [3.8, 4) is 0 Å². The summed E-state index contributed by atoms with van der Waals surface area (Å²) >= 11 is 0. The molecule has 5 heteroatoms. The first kappa shape index (κ1) is 18.5. The van der Waals surface area contributed by atoms with E-state index in [4.69, 9.17) is 4.74 Å². The molecule has 0 spiro atoms. The highest BCUT2D eigenvalue weighted by Gasteiger charge is 2.41. The molecule has 1 fully saturated rings. The molecule has 2 amide bonds. The molecule has 0 saturated carbocycles. The molecular formula is C19H28N2O3. The van der Waals surface area contributed by atoms with Crippen LogP contribution in [0.1, 0.15) is 38.7 Å². The molecule has 1 saturated heterocycles. The van der Waals surface area contributed by atoms with Crippen molar-refractivity contribution in [2.24, 2.45) is 0 Å². The second-order valence-electron chi connectivity index (χ2n) is 6.27. The van der Waals surface area contributed by atoms with Gasteiger partial charge in [0, 0.05) is 39.8 Å². The molecule has 0 unspecified atom stereocenters. The van der Waals surface area contributed by atoms with Crippen molar-refractivity contribution < 1.29 is 14.3 Å². The maximum absolute atomic E-state index is 12.9. The fourth-order valence-electron chi connectivity index (χ4n) is 3.30. The van der Waals surface area contributed by atoms with Crippen LogP contribution in [-0.2, 0) is 19.7 Å². The highest BCUT2D eigenvalue weighted by atomic mass is 16.5. The Hall–Kier alpha value is -1.88. The normalized spacial score (nSPS) is 16.4. The number of carbonyl (C=O) groups is 2. The SMILES string of the molecule is CCN(CCCNC(=O)C1(c2ccccc2)CCOCC1)C(C)=O. The first-order valence-electron chi connectivity index (χ1n) is 8.77. The van der Waals surface area contributed by atoms with E-state index >= 15 is 0 Å². The van der Waals surface area contributed by atoms with Gasteiger partial charge in [0.15, 0.2) is 0 Å². The molecule has 0 aliphatic carbocycles. The third-order valence-corrected chi connectivity index (χ3v) is 4.82. The van der Waals surface area contributed by atoms with Crippen molar-refractivity contribution in [3.63, 3.8) is 0 Å². The molecular weight excluding hydrogens is 304 g/mol. The van der Waals surface area contributed by atoms with E-state index < -0.39 is 5.41 Å². The van der Waals surface area contributed by atoms with E-state index in [2.05, 4.69) is 5.32 Å². The number of carbonyl (C=O) groups excluding carboxylic acids is 2. The van der Waals surface area contributed by atoms with Gasteiger partial charge in [0.1, 0.15) is 0 Å². The monoisotopic (exact) mass is 332 g/mol.